The second kappa shape index (κ2) is 4.97. The molecule has 4 heteroatoms. The molecule has 1 saturated heterocycles. The van der Waals surface area contributed by atoms with Gasteiger partial charge in [-0.15, -0.1) is 0 Å². The predicted octanol–water partition coefficient (Wildman–Crippen LogP) is 3.30. The van der Waals surface area contributed by atoms with Crippen LogP contribution in [0.4, 0.5) is 10.5 Å². The number of carbonyl (C=O) groups excluding carboxylic acids is 1. The molecule has 0 radical (unpaired) electrons. The normalized spacial score (nSPS) is 35.0. The van der Waals surface area contributed by atoms with E-state index < -0.39 is 0 Å². The van der Waals surface area contributed by atoms with Crippen molar-refractivity contribution >= 4 is 11.7 Å². The van der Waals surface area contributed by atoms with Crippen molar-refractivity contribution in [1.29, 1.82) is 0 Å². The number of urea groups is 1. The predicted molar refractivity (Wildman–Crippen MR) is 90.3 cm³/mol. The zero-order valence-corrected chi connectivity index (χ0v) is 13.6. The Labute approximate surface area is 137 Å². The summed E-state index contributed by atoms with van der Waals surface area (Å²) in [4.78, 5) is 14.8. The number of para-hydroxylation sites is 1. The molecule has 1 unspecified atom stereocenters. The Balaban J connectivity index is 1.37. The van der Waals surface area contributed by atoms with Crippen molar-refractivity contribution in [3.05, 3.63) is 29.8 Å². The first-order valence-electron chi connectivity index (χ1n) is 9.16. The van der Waals surface area contributed by atoms with E-state index in [4.69, 9.17) is 0 Å². The molecule has 122 valence electrons. The fraction of sp³-hybridized carbons (Fsp3) is 0.632. The van der Waals surface area contributed by atoms with Crippen molar-refractivity contribution in [2.24, 2.45) is 11.8 Å². The van der Waals surface area contributed by atoms with Crippen LogP contribution in [0.15, 0.2) is 24.3 Å². The van der Waals surface area contributed by atoms with Gasteiger partial charge in [-0.1, -0.05) is 24.6 Å². The molecule has 2 heterocycles. The SMILES string of the molecule is O=C1Nc2ccccc2C2(CCN(C3C[C@H]4CC[C@@H]3C4)CC2)N1. The molecule has 2 N–H and O–H groups in total. The van der Waals surface area contributed by atoms with Crippen LogP contribution in [-0.2, 0) is 5.54 Å². The molecule has 3 fully saturated rings. The van der Waals surface area contributed by atoms with E-state index in [1.165, 1.54) is 31.2 Å². The first kappa shape index (κ1) is 13.8. The molecule has 23 heavy (non-hydrogen) atoms. The van der Waals surface area contributed by atoms with Crippen molar-refractivity contribution in [1.82, 2.24) is 10.2 Å². The fourth-order valence-electron chi connectivity index (χ4n) is 5.74. The molecule has 1 aromatic rings. The first-order chi connectivity index (χ1) is 11.2. The highest BCUT2D eigenvalue weighted by Crippen LogP contribution is 2.48. The van der Waals surface area contributed by atoms with Crippen molar-refractivity contribution in [3.63, 3.8) is 0 Å². The number of benzene rings is 1. The molecule has 2 bridgehead atoms. The second-order valence-electron chi connectivity index (χ2n) is 7.98. The number of carbonyl (C=O) groups is 1. The van der Waals surface area contributed by atoms with E-state index >= 15 is 0 Å². The molecule has 2 aliphatic heterocycles. The van der Waals surface area contributed by atoms with Gasteiger partial charge in [0.25, 0.3) is 0 Å². The number of nitrogens with zero attached hydrogens (tertiary/aromatic N) is 1. The van der Waals surface area contributed by atoms with E-state index in [0.29, 0.717) is 0 Å². The molecular formula is C19H25N3O. The molecule has 2 amide bonds. The third-order valence-electron chi connectivity index (χ3n) is 6.87. The summed E-state index contributed by atoms with van der Waals surface area (Å²) < 4.78 is 0. The van der Waals surface area contributed by atoms with Gasteiger partial charge in [0.05, 0.1) is 5.54 Å². The lowest BCUT2D eigenvalue weighted by molar-refractivity contribution is 0.0745. The maximum absolute atomic E-state index is 12.1. The summed E-state index contributed by atoms with van der Waals surface area (Å²) in [6, 6.07) is 9.06. The number of rotatable bonds is 1. The number of nitrogens with one attached hydrogen (secondary N) is 2. The lowest BCUT2D eigenvalue weighted by Gasteiger charge is -2.48. The van der Waals surface area contributed by atoms with Gasteiger partial charge in [-0.25, -0.2) is 4.79 Å². The molecule has 1 spiro atoms. The fourth-order valence-corrected chi connectivity index (χ4v) is 5.74. The molecule has 2 saturated carbocycles. The average Bonchev–Trinajstić information content (AvgIpc) is 3.19. The topological polar surface area (TPSA) is 44.4 Å². The average molecular weight is 311 g/mol. The minimum absolute atomic E-state index is 0.0444. The highest BCUT2D eigenvalue weighted by atomic mass is 16.2. The van der Waals surface area contributed by atoms with Crippen LogP contribution >= 0.6 is 0 Å². The van der Waals surface area contributed by atoms with E-state index in [9.17, 15) is 4.79 Å². The lowest BCUT2D eigenvalue weighted by atomic mass is 9.78. The standard InChI is InChI=1S/C19H25N3O/c23-18-20-16-4-2-1-3-15(16)19(21-18)7-9-22(10-8-19)17-12-13-5-6-14(17)11-13/h1-4,13-14,17H,5-12H2,(H2,20,21,23)/t13-,14+,17?/m0/s1. The van der Waals surface area contributed by atoms with Crippen LogP contribution in [0.1, 0.15) is 44.1 Å². The van der Waals surface area contributed by atoms with Gasteiger partial charge in [0, 0.05) is 30.4 Å². The summed E-state index contributed by atoms with van der Waals surface area (Å²) in [6.07, 6.45) is 7.86. The van der Waals surface area contributed by atoms with E-state index in [1.807, 2.05) is 12.1 Å². The Kier molecular flexibility index (Phi) is 2.99. The van der Waals surface area contributed by atoms with Crippen molar-refractivity contribution in [2.45, 2.75) is 50.1 Å². The third-order valence-corrected chi connectivity index (χ3v) is 6.87. The van der Waals surface area contributed by atoms with Gasteiger partial charge in [0.1, 0.15) is 0 Å². The van der Waals surface area contributed by atoms with Crippen LogP contribution in [0.5, 0.6) is 0 Å². The van der Waals surface area contributed by atoms with Crippen LogP contribution in [0, 0.1) is 11.8 Å². The molecule has 1 aromatic carbocycles. The first-order valence-corrected chi connectivity index (χ1v) is 9.16. The van der Waals surface area contributed by atoms with Gasteiger partial charge in [0.15, 0.2) is 0 Å². The zero-order chi connectivity index (χ0) is 15.4. The molecular weight excluding hydrogens is 286 g/mol. The van der Waals surface area contributed by atoms with Gasteiger partial charge >= 0.3 is 6.03 Å². The van der Waals surface area contributed by atoms with E-state index in [1.54, 1.807) is 0 Å². The van der Waals surface area contributed by atoms with Gasteiger partial charge in [-0.3, -0.25) is 4.90 Å². The number of anilines is 1. The van der Waals surface area contributed by atoms with Crippen molar-refractivity contribution < 1.29 is 4.79 Å². The Morgan fingerprint density at radius 3 is 2.65 bits per heavy atom. The minimum atomic E-state index is -0.160. The molecule has 2 aliphatic carbocycles. The van der Waals surface area contributed by atoms with Gasteiger partial charge in [0.2, 0.25) is 0 Å². The number of likely N-dealkylation sites (tertiary alicyclic amines) is 1. The van der Waals surface area contributed by atoms with Crippen LogP contribution < -0.4 is 10.6 Å². The number of amides is 2. The Morgan fingerprint density at radius 1 is 1.09 bits per heavy atom. The Morgan fingerprint density at radius 2 is 1.91 bits per heavy atom. The van der Waals surface area contributed by atoms with E-state index in [-0.39, 0.29) is 11.6 Å². The smallest absolute Gasteiger partial charge is 0.319 e. The summed E-state index contributed by atoms with van der Waals surface area (Å²) in [7, 11) is 0. The lowest BCUT2D eigenvalue weighted by Crippen LogP contribution is -2.58. The number of hydrogen-bond donors (Lipinski definition) is 2. The Hall–Kier alpha value is -1.55. The minimum Gasteiger partial charge on any atom is -0.328 e. The molecule has 4 aliphatic rings. The Bertz CT molecular complexity index is 635. The van der Waals surface area contributed by atoms with Crippen LogP contribution in [-0.4, -0.2) is 30.1 Å². The summed E-state index contributed by atoms with van der Waals surface area (Å²) in [5, 5.41) is 6.21. The van der Waals surface area contributed by atoms with Crippen molar-refractivity contribution in [2.75, 3.05) is 18.4 Å². The number of fused-ring (bicyclic) bond motifs is 4. The number of hydrogen-bond acceptors (Lipinski definition) is 2. The third kappa shape index (κ3) is 2.11. The summed E-state index contributed by atoms with van der Waals surface area (Å²) in [5.41, 5.74) is 2.10. The maximum atomic E-state index is 12.1. The highest BCUT2D eigenvalue weighted by Gasteiger charge is 2.47. The maximum Gasteiger partial charge on any atom is 0.319 e. The van der Waals surface area contributed by atoms with Crippen LogP contribution in [0.2, 0.25) is 0 Å². The monoisotopic (exact) mass is 311 g/mol. The molecule has 5 rings (SSSR count). The molecule has 3 atom stereocenters. The van der Waals surface area contributed by atoms with Crippen LogP contribution in [0.25, 0.3) is 0 Å². The quantitative estimate of drug-likeness (QED) is 0.836. The highest BCUT2D eigenvalue weighted by molar-refractivity contribution is 5.93. The summed E-state index contributed by atoms with van der Waals surface area (Å²) in [5.74, 6) is 1.95. The molecule has 0 aromatic heterocycles. The largest absolute Gasteiger partial charge is 0.328 e. The zero-order valence-electron chi connectivity index (χ0n) is 13.6. The summed E-state index contributed by atoms with van der Waals surface area (Å²) in [6.45, 7) is 2.23. The van der Waals surface area contributed by atoms with E-state index in [0.717, 1.165) is 49.5 Å². The summed E-state index contributed by atoms with van der Waals surface area (Å²) >= 11 is 0. The van der Waals surface area contributed by atoms with Gasteiger partial charge < -0.3 is 10.6 Å². The second-order valence-corrected chi connectivity index (χ2v) is 7.98. The van der Waals surface area contributed by atoms with E-state index in [2.05, 4.69) is 27.7 Å². The van der Waals surface area contributed by atoms with Crippen LogP contribution in [0.3, 0.4) is 0 Å². The number of piperidine rings is 1. The van der Waals surface area contributed by atoms with Crippen molar-refractivity contribution in [3.8, 4) is 0 Å². The van der Waals surface area contributed by atoms with Gasteiger partial charge in [-0.05, 0) is 50.0 Å². The molecule has 4 nitrogen and oxygen atoms in total. The van der Waals surface area contributed by atoms with Gasteiger partial charge in [-0.2, -0.15) is 0 Å².